The Morgan fingerprint density at radius 3 is 2.65 bits per heavy atom. The van der Waals surface area contributed by atoms with Crippen LogP contribution in [0.25, 0.3) is 0 Å². The number of nitrogens with one attached hydrogen (secondary N) is 1. The third-order valence-corrected chi connectivity index (χ3v) is 2.84. The van der Waals surface area contributed by atoms with Gasteiger partial charge in [-0.15, -0.1) is 6.58 Å². The minimum Gasteiger partial charge on any atom is -0.491 e. The Morgan fingerprint density at radius 2 is 2.04 bits per heavy atom. The SMILES string of the molecule is C=CCOCC(NC(=O)Cc1ccccc1OC(C)C)C(=O)O. The molecule has 0 bridgehead atoms. The van der Waals surface area contributed by atoms with E-state index in [1.54, 1.807) is 18.2 Å². The van der Waals surface area contributed by atoms with Crippen LogP contribution in [-0.4, -0.2) is 42.3 Å². The van der Waals surface area contributed by atoms with Crippen molar-refractivity contribution in [3.8, 4) is 5.75 Å². The minimum absolute atomic E-state index is 0.0155. The summed E-state index contributed by atoms with van der Waals surface area (Å²) in [5.74, 6) is -0.930. The lowest BCUT2D eigenvalue weighted by Crippen LogP contribution is -2.44. The molecule has 1 rings (SSSR count). The standard InChI is InChI=1S/C17H23NO5/c1-4-9-22-11-14(17(20)21)18-16(19)10-13-7-5-6-8-15(13)23-12(2)3/h4-8,12,14H,1,9-11H2,2-3H3,(H,18,19)(H,20,21). The molecule has 0 aromatic heterocycles. The molecule has 0 saturated heterocycles. The molecule has 0 heterocycles. The number of para-hydroxylation sites is 1. The number of carboxylic acid groups (broad SMARTS) is 1. The molecule has 0 aliphatic rings. The first-order valence-electron chi connectivity index (χ1n) is 7.39. The van der Waals surface area contributed by atoms with Crippen molar-refractivity contribution >= 4 is 11.9 Å². The molecule has 1 amide bonds. The zero-order chi connectivity index (χ0) is 17.2. The zero-order valence-corrected chi connectivity index (χ0v) is 13.5. The molecule has 0 saturated carbocycles. The first-order valence-corrected chi connectivity index (χ1v) is 7.39. The summed E-state index contributed by atoms with van der Waals surface area (Å²) in [6.07, 6.45) is 1.53. The summed E-state index contributed by atoms with van der Waals surface area (Å²) < 4.78 is 10.7. The molecule has 1 aromatic rings. The molecular weight excluding hydrogens is 298 g/mol. The molecular formula is C17H23NO5. The van der Waals surface area contributed by atoms with E-state index in [-0.39, 0.29) is 25.7 Å². The number of carboxylic acids is 1. The average Bonchev–Trinajstić information content (AvgIpc) is 2.47. The molecule has 0 aliphatic heterocycles. The van der Waals surface area contributed by atoms with Crippen LogP contribution in [0.5, 0.6) is 5.75 Å². The van der Waals surface area contributed by atoms with Crippen molar-refractivity contribution in [3.63, 3.8) is 0 Å². The van der Waals surface area contributed by atoms with Crippen LogP contribution in [0.15, 0.2) is 36.9 Å². The quantitative estimate of drug-likeness (QED) is 0.507. The lowest BCUT2D eigenvalue weighted by molar-refractivity contribution is -0.143. The number of ether oxygens (including phenoxy) is 2. The molecule has 2 N–H and O–H groups in total. The molecule has 23 heavy (non-hydrogen) atoms. The van der Waals surface area contributed by atoms with Crippen molar-refractivity contribution in [2.75, 3.05) is 13.2 Å². The molecule has 1 aromatic carbocycles. The van der Waals surface area contributed by atoms with Crippen molar-refractivity contribution in [2.45, 2.75) is 32.4 Å². The van der Waals surface area contributed by atoms with Crippen LogP contribution >= 0.6 is 0 Å². The van der Waals surface area contributed by atoms with E-state index in [9.17, 15) is 9.59 Å². The fourth-order valence-electron chi connectivity index (χ4n) is 1.88. The van der Waals surface area contributed by atoms with Crippen molar-refractivity contribution < 1.29 is 24.2 Å². The van der Waals surface area contributed by atoms with Gasteiger partial charge < -0.3 is 19.9 Å². The van der Waals surface area contributed by atoms with Crippen LogP contribution in [0.3, 0.4) is 0 Å². The zero-order valence-electron chi connectivity index (χ0n) is 13.5. The van der Waals surface area contributed by atoms with Crippen molar-refractivity contribution in [3.05, 3.63) is 42.5 Å². The van der Waals surface area contributed by atoms with Gasteiger partial charge in [0, 0.05) is 5.56 Å². The normalized spacial score (nSPS) is 11.8. The third kappa shape index (κ3) is 6.97. The molecule has 0 radical (unpaired) electrons. The molecule has 6 nitrogen and oxygen atoms in total. The van der Waals surface area contributed by atoms with Crippen LogP contribution in [0.2, 0.25) is 0 Å². The van der Waals surface area contributed by atoms with Gasteiger partial charge in [-0.05, 0) is 19.9 Å². The van der Waals surface area contributed by atoms with E-state index in [2.05, 4.69) is 11.9 Å². The molecule has 1 atom stereocenters. The Balaban J connectivity index is 2.67. The minimum atomic E-state index is -1.14. The van der Waals surface area contributed by atoms with Crippen LogP contribution in [0.1, 0.15) is 19.4 Å². The number of aliphatic carboxylic acids is 1. The summed E-state index contributed by atoms with van der Waals surface area (Å²) in [4.78, 5) is 23.2. The number of carbonyl (C=O) groups excluding carboxylic acids is 1. The van der Waals surface area contributed by atoms with E-state index >= 15 is 0 Å². The Labute approximate surface area is 136 Å². The highest BCUT2D eigenvalue weighted by atomic mass is 16.5. The summed E-state index contributed by atoms with van der Waals surface area (Å²) in [6.45, 7) is 7.39. The Hall–Kier alpha value is -2.34. The number of hydrogen-bond donors (Lipinski definition) is 2. The molecule has 6 heteroatoms. The van der Waals surface area contributed by atoms with E-state index in [4.69, 9.17) is 14.6 Å². The van der Waals surface area contributed by atoms with Gasteiger partial charge in [0.2, 0.25) is 5.91 Å². The van der Waals surface area contributed by atoms with Crippen molar-refractivity contribution in [1.82, 2.24) is 5.32 Å². The number of rotatable bonds is 10. The largest absolute Gasteiger partial charge is 0.491 e. The highest BCUT2D eigenvalue weighted by molar-refractivity contribution is 5.85. The van der Waals surface area contributed by atoms with Gasteiger partial charge in [-0.25, -0.2) is 4.79 Å². The second-order valence-corrected chi connectivity index (χ2v) is 5.24. The summed E-state index contributed by atoms with van der Waals surface area (Å²) in [5.41, 5.74) is 0.704. The van der Waals surface area contributed by atoms with E-state index in [1.165, 1.54) is 6.08 Å². The number of benzene rings is 1. The predicted molar refractivity (Wildman–Crippen MR) is 86.5 cm³/mol. The molecule has 0 aliphatic carbocycles. The van der Waals surface area contributed by atoms with Crippen LogP contribution in [0.4, 0.5) is 0 Å². The van der Waals surface area contributed by atoms with Crippen molar-refractivity contribution in [2.24, 2.45) is 0 Å². The van der Waals surface area contributed by atoms with Gasteiger partial charge in [0.15, 0.2) is 6.04 Å². The highest BCUT2D eigenvalue weighted by Gasteiger charge is 2.20. The summed E-state index contributed by atoms with van der Waals surface area (Å²) >= 11 is 0. The maximum Gasteiger partial charge on any atom is 0.328 e. The summed E-state index contributed by atoms with van der Waals surface area (Å²) in [7, 11) is 0. The summed E-state index contributed by atoms with van der Waals surface area (Å²) in [5, 5.41) is 11.6. The number of carbonyl (C=O) groups is 2. The van der Waals surface area contributed by atoms with Crippen LogP contribution < -0.4 is 10.1 Å². The third-order valence-electron chi connectivity index (χ3n) is 2.84. The lowest BCUT2D eigenvalue weighted by atomic mass is 10.1. The number of hydrogen-bond acceptors (Lipinski definition) is 4. The van der Waals surface area contributed by atoms with Crippen LogP contribution in [-0.2, 0) is 20.7 Å². The maximum absolute atomic E-state index is 12.1. The summed E-state index contributed by atoms with van der Waals surface area (Å²) in [6, 6.07) is 6.09. The fourth-order valence-corrected chi connectivity index (χ4v) is 1.88. The van der Waals surface area contributed by atoms with Gasteiger partial charge in [0.1, 0.15) is 5.75 Å². The van der Waals surface area contributed by atoms with E-state index in [1.807, 2.05) is 19.9 Å². The van der Waals surface area contributed by atoms with Gasteiger partial charge in [-0.3, -0.25) is 4.79 Å². The monoisotopic (exact) mass is 321 g/mol. The fraction of sp³-hybridized carbons (Fsp3) is 0.412. The lowest BCUT2D eigenvalue weighted by Gasteiger charge is -2.16. The van der Waals surface area contributed by atoms with Crippen molar-refractivity contribution in [1.29, 1.82) is 0 Å². The maximum atomic E-state index is 12.1. The van der Waals surface area contributed by atoms with E-state index in [0.29, 0.717) is 11.3 Å². The van der Waals surface area contributed by atoms with Crippen LogP contribution in [0, 0.1) is 0 Å². The molecule has 1 unspecified atom stereocenters. The van der Waals surface area contributed by atoms with Gasteiger partial charge >= 0.3 is 5.97 Å². The molecule has 0 spiro atoms. The Bertz CT molecular complexity index is 542. The van der Waals surface area contributed by atoms with E-state index in [0.717, 1.165) is 0 Å². The number of amides is 1. The Morgan fingerprint density at radius 1 is 1.35 bits per heavy atom. The highest BCUT2D eigenvalue weighted by Crippen LogP contribution is 2.19. The Kier molecular flexibility index (Phi) is 7.83. The first kappa shape index (κ1) is 18.7. The second kappa shape index (κ2) is 9.63. The van der Waals surface area contributed by atoms with E-state index < -0.39 is 17.9 Å². The topological polar surface area (TPSA) is 84.9 Å². The van der Waals surface area contributed by atoms with Gasteiger partial charge in [-0.2, -0.15) is 0 Å². The van der Waals surface area contributed by atoms with Gasteiger partial charge in [-0.1, -0.05) is 24.3 Å². The first-order chi connectivity index (χ1) is 10.9. The van der Waals surface area contributed by atoms with Gasteiger partial charge in [0.25, 0.3) is 0 Å². The smallest absolute Gasteiger partial charge is 0.328 e. The second-order valence-electron chi connectivity index (χ2n) is 5.24. The van der Waals surface area contributed by atoms with Gasteiger partial charge in [0.05, 0.1) is 25.7 Å². The average molecular weight is 321 g/mol. The predicted octanol–water partition coefficient (Wildman–Crippen LogP) is 1.79. The molecule has 0 fully saturated rings. The molecule has 126 valence electrons.